The van der Waals surface area contributed by atoms with Crippen molar-refractivity contribution in [1.82, 2.24) is 0 Å². The van der Waals surface area contributed by atoms with Crippen molar-refractivity contribution in [3.8, 4) is 0 Å². The lowest BCUT2D eigenvalue weighted by atomic mass is 10.0. The monoisotopic (exact) mass is 243 g/mol. The van der Waals surface area contributed by atoms with Gasteiger partial charge in [-0.3, -0.25) is 9.52 Å². The second-order valence-corrected chi connectivity index (χ2v) is 5.30. The highest BCUT2D eigenvalue weighted by molar-refractivity contribution is 7.92. The molecule has 1 aromatic carbocycles. The molecule has 16 heavy (non-hydrogen) atoms. The fraction of sp³-hybridized carbons (Fsp3) is 0.300. The van der Waals surface area contributed by atoms with Crippen LogP contribution in [0.1, 0.15) is 18.4 Å². The predicted molar refractivity (Wildman–Crippen MR) is 61.0 cm³/mol. The average Bonchev–Trinajstić information content (AvgIpc) is 2.15. The van der Waals surface area contributed by atoms with Crippen LogP contribution < -0.4 is 4.72 Å². The molecule has 0 bridgehead atoms. The molecule has 0 aliphatic carbocycles. The molecule has 6 heteroatoms. The number of hydrogen-bond donors (Lipinski definition) is 2. The minimum Gasteiger partial charge on any atom is -0.481 e. The summed E-state index contributed by atoms with van der Waals surface area (Å²) in [5, 5.41) is 8.78. The molecule has 0 aromatic heterocycles. The first-order valence-corrected chi connectivity index (χ1v) is 6.49. The first kappa shape index (κ1) is 12.5. The van der Waals surface area contributed by atoms with Crippen molar-refractivity contribution in [1.29, 1.82) is 0 Å². The van der Waals surface area contributed by atoms with Crippen molar-refractivity contribution in [3.63, 3.8) is 0 Å². The maximum atomic E-state index is 10.9. The van der Waals surface area contributed by atoms with Gasteiger partial charge in [0.2, 0.25) is 10.0 Å². The van der Waals surface area contributed by atoms with E-state index in [0.29, 0.717) is 11.3 Å². The summed E-state index contributed by atoms with van der Waals surface area (Å²) in [6.07, 6.45) is 1.06. The molecule has 88 valence electrons. The molecule has 1 aromatic rings. The Morgan fingerprint density at radius 2 is 1.81 bits per heavy atom. The van der Waals surface area contributed by atoms with E-state index in [1.165, 1.54) is 12.1 Å². The smallest absolute Gasteiger partial charge is 0.310 e. The molecule has 0 aliphatic heterocycles. The van der Waals surface area contributed by atoms with Gasteiger partial charge >= 0.3 is 5.97 Å². The van der Waals surface area contributed by atoms with Crippen molar-refractivity contribution in [2.24, 2.45) is 0 Å². The maximum Gasteiger partial charge on any atom is 0.310 e. The van der Waals surface area contributed by atoms with Gasteiger partial charge in [0, 0.05) is 5.69 Å². The van der Waals surface area contributed by atoms with Gasteiger partial charge in [0.15, 0.2) is 0 Å². The topological polar surface area (TPSA) is 83.5 Å². The Morgan fingerprint density at radius 3 is 2.19 bits per heavy atom. The third-order valence-electron chi connectivity index (χ3n) is 2.08. The minimum absolute atomic E-state index is 0.420. The molecule has 0 fully saturated rings. The van der Waals surface area contributed by atoms with Crippen LogP contribution in [0.25, 0.3) is 0 Å². The Kier molecular flexibility index (Phi) is 3.54. The van der Waals surface area contributed by atoms with Gasteiger partial charge in [0.25, 0.3) is 0 Å². The second-order valence-electron chi connectivity index (χ2n) is 3.56. The normalized spacial score (nSPS) is 13.1. The number of carbonyl (C=O) groups is 1. The lowest BCUT2D eigenvalue weighted by Crippen LogP contribution is -2.10. The molecule has 0 saturated heterocycles. The van der Waals surface area contributed by atoms with E-state index in [4.69, 9.17) is 5.11 Å². The highest BCUT2D eigenvalue weighted by Gasteiger charge is 2.13. The molecule has 0 amide bonds. The van der Waals surface area contributed by atoms with Crippen molar-refractivity contribution < 1.29 is 18.3 Å². The number of aliphatic carboxylic acids is 1. The van der Waals surface area contributed by atoms with Crippen molar-refractivity contribution in [2.75, 3.05) is 11.0 Å². The average molecular weight is 243 g/mol. The number of rotatable bonds is 4. The summed E-state index contributed by atoms with van der Waals surface area (Å²) in [7, 11) is -3.29. The number of anilines is 1. The van der Waals surface area contributed by atoms with Gasteiger partial charge in [-0.15, -0.1) is 0 Å². The van der Waals surface area contributed by atoms with E-state index < -0.39 is 21.9 Å². The summed E-state index contributed by atoms with van der Waals surface area (Å²) >= 11 is 0. The summed E-state index contributed by atoms with van der Waals surface area (Å²) in [5.74, 6) is -1.52. The summed E-state index contributed by atoms with van der Waals surface area (Å²) in [5.41, 5.74) is 1.05. The fourth-order valence-corrected chi connectivity index (χ4v) is 1.76. The van der Waals surface area contributed by atoms with E-state index in [-0.39, 0.29) is 0 Å². The third kappa shape index (κ3) is 3.54. The van der Waals surface area contributed by atoms with Crippen LogP contribution in [0, 0.1) is 0 Å². The Morgan fingerprint density at radius 1 is 1.31 bits per heavy atom. The summed E-state index contributed by atoms with van der Waals surface area (Å²) in [6.45, 7) is 1.57. The molecule has 0 radical (unpaired) electrons. The van der Waals surface area contributed by atoms with Gasteiger partial charge in [-0.1, -0.05) is 12.1 Å². The van der Waals surface area contributed by atoms with Gasteiger partial charge in [0.1, 0.15) is 0 Å². The number of nitrogens with one attached hydrogen (secondary N) is 1. The molecular weight excluding hydrogens is 230 g/mol. The number of carboxylic acids is 1. The van der Waals surface area contributed by atoms with Gasteiger partial charge in [-0.2, -0.15) is 0 Å². The van der Waals surface area contributed by atoms with E-state index in [9.17, 15) is 13.2 Å². The van der Waals surface area contributed by atoms with E-state index in [0.717, 1.165) is 6.26 Å². The summed E-state index contributed by atoms with van der Waals surface area (Å²) < 4.78 is 24.1. The zero-order valence-corrected chi connectivity index (χ0v) is 9.78. The Hall–Kier alpha value is -1.56. The lowest BCUT2D eigenvalue weighted by molar-refractivity contribution is -0.138. The Bertz CT molecular complexity index is 478. The molecule has 0 aliphatic rings. The van der Waals surface area contributed by atoms with Crippen molar-refractivity contribution in [3.05, 3.63) is 29.8 Å². The van der Waals surface area contributed by atoms with E-state index in [2.05, 4.69) is 4.72 Å². The van der Waals surface area contributed by atoms with Crippen LogP contribution in [0.3, 0.4) is 0 Å². The molecule has 5 nitrogen and oxygen atoms in total. The molecular formula is C10H13NO4S. The Labute approximate surface area is 94.2 Å². The number of carboxylic acid groups (broad SMARTS) is 1. The quantitative estimate of drug-likeness (QED) is 0.833. The molecule has 1 rings (SSSR count). The fourth-order valence-electron chi connectivity index (χ4n) is 1.20. The van der Waals surface area contributed by atoms with Crippen LogP contribution in [0.5, 0.6) is 0 Å². The van der Waals surface area contributed by atoms with E-state index in [1.54, 1.807) is 19.1 Å². The zero-order chi connectivity index (χ0) is 12.3. The van der Waals surface area contributed by atoms with Gasteiger partial charge in [0.05, 0.1) is 12.2 Å². The van der Waals surface area contributed by atoms with Gasteiger partial charge in [-0.05, 0) is 24.6 Å². The van der Waals surface area contributed by atoms with Gasteiger partial charge < -0.3 is 5.11 Å². The highest BCUT2D eigenvalue weighted by Crippen LogP contribution is 2.18. The largest absolute Gasteiger partial charge is 0.481 e. The number of sulfonamides is 1. The maximum absolute atomic E-state index is 10.9. The molecule has 0 saturated carbocycles. The molecule has 1 atom stereocenters. The van der Waals surface area contributed by atoms with E-state index >= 15 is 0 Å². The van der Waals surface area contributed by atoms with Crippen LogP contribution in [0.2, 0.25) is 0 Å². The number of benzene rings is 1. The second kappa shape index (κ2) is 4.52. The Balaban J connectivity index is 2.87. The molecule has 1 unspecified atom stereocenters. The lowest BCUT2D eigenvalue weighted by Gasteiger charge is -2.08. The summed E-state index contributed by atoms with van der Waals surface area (Å²) in [4.78, 5) is 10.7. The van der Waals surface area contributed by atoms with Crippen molar-refractivity contribution >= 4 is 21.7 Å². The zero-order valence-electron chi connectivity index (χ0n) is 8.97. The first-order chi connectivity index (χ1) is 7.29. The highest BCUT2D eigenvalue weighted by atomic mass is 32.2. The third-order valence-corrected chi connectivity index (χ3v) is 2.69. The SMILES string of the molecule is CC(C(=O)O)c1ccc(NS(C)(=O)=O)cc1. The molecule has 2 N–H and O–H groups in total. The van der Waals surface area contributed by atoms with Crippen LogP contribution >= 0.6 is 0 Å². The minimum atomic E-state index is -3.29. The van der Waals surface area contributed by atoms with Crippen LogP contribution in [-0.4, -0.2) is 25.7 Å². The molecule has 0 heterocycles. The summed E-state index contributed by atoms with van der Waals surface area (Å²) in [6, 6.07) is 6.25. The van der Waals surface area contributed by atoms with Crippen LogP contribution in [-0.2, 0) is 14.8 Å². The number of hydrogen-bond acceptors (Lipinski definition) is 3. The first-order valence-electron chi connectivity index (χ1n) is 4.60. The standard InChI is InChI=1S/C10H13NO4S/c1-7(10(12)13)8-3-5-9(6-4-8)11-16(2,14)15/h3-7,11H,1-2H3,(H,12,13). The van der Waals surface area contributed by atoms with Crippen molar-refractivity contribution in [2.45, 2.75) is 12.8 Å². The van der Waals surface area contributed by atoms with Crippen LogP contribution in [0.15, 0.2) is 24.3 Å². The van der Waals surface area contributed by atoms with Gasteiger partial charge in [-0.25, -0.2) is 8.42 Å². The van der Waals surface area contributed by atoms with E-state index in [1.807, 2.05) is 0 Å². The van der Waals surface area contributed by atoms with Crippen LogP contribution in [0.4, 0.5) is 5.69 Å². The predicted octanol–water partition coefficient (Wildman–Crippen LogP) is 1.25. The molecule has 0 spiro atoms.